The van der Waals surface area contributed by atoms with E-state index >= 15 is 0 Å². The Bertz CT molecular complexity index is 1510. The summed E-state index contributed by atoms with van der Waals surface area (Å²) < 4.78 is 0. The van der Waals surface area contributed by atoms with Crippen molar-refractivity contribution in [3.63, 3.8) is 0 Å². The van der Waals surface area contributed by atoms with Crippen molar-refractivity contribution in [3.05, 3.63) is 111 Å². The normalized spacial score (nSPS) is 18.5. The number of hydrogen-bond acceptors (Lipinski definition) is 7. The highest BCUT2D eigenvalue weighted by molar-refractivity contribution is 6.06. The number of fused-ring (bicyclic) bond motifs is 1. The van der Waals surface area contributed by atoms with Gasteiger partial charge in [0.05, 0.1) is 22.3 Å². The highest BCUT2D eigenvalue weighted by atomic mass is 16.6. The number of carbonyl (C=O) groups excluding carboxylic acids is 3. The van der Waals surface area contributed by atoms with Crippen LogP contribution in [-0.2, 0) is 14.4 Å². The number of amides is 1. The average molecular weight is 525 g/mol. The maximum atomic E-state index is 13.9. The third-order valence-electron chi connectivity index (χ3n) is 7.25. The number of aliphatic carboxylic acids is 1. The number of aryl methyl sites for hydroxylation is 1. The van der Waals surface area contributed by atoms with Crippen LogP contribution in [0.5, 0.6) is 0 Å². The van der Waals surface area contributed by atoms with Crippen molar-refractivity contribution in [2.75, 3.05) is 10.2 Å². The minimum atomic E-state index is -1.33. The molecule has 1 aliphatic heterocycles. The first-order valence-corrected chi connectivity index (χ1v) is 12.7. The summed E-state index contributed by atoms with van der Waals surface area (Å²) in [5.41, 5.74) is 4.58. The summed E-state index contributed by atoms with van der Waals surface area (Å²) in [7, 11) is 0. The van der Waals surface area contributed by atoms with Gasteiger partial charge in [-0.2, -0.15) is 0 Å². The minimum Gasteiger partial charge on any atom is -0.550 e. The van der Waals surface area contributed by atoms with E-state index in [9.17, 15) is 29.6 Å². The van der Waals surface area contributed by atoms with E-state index in [1.54, 1.807) is 30.3 Å². The number of carboxylic acids is 1. The Labute approximate surface area is 224 Å². The SMILES string of the molecule is Cc1ccc([C@H]2C3=C(C[C@@H](c4cccc([N+](=O)[O-])c4)CC3=O)Nc3ccccc3N2C(=O)CCC(=O)[O-])cc1. The van der Waals surface area contributed by atoms with E-state index in [2.05, 4.69) is 5.32 Å². The second-order valence-corrected chi connectivity index (χ2v) is 9.86. The lowest BCUT2D eigenvalue weighted by molar-refractivity contribution is -0.384. The summed E-state index contributed by atoms with van der Waals surface area (Å²) >= 11 is 0. The maximum Gasteiger partial charge on any atom is 0.269 e. The molecular formula is C30H26N3O6-. The van der Waals surface area contributed by atoms with E-state index in [1.807, 2.05) is 37.3 Å². The number of benzene rings is 3. The zero-order valence-electron chi connectivity index (χ0n) is 21.3. The van der Waals surface area contributed by atoms with E-state index < -0.39 is 29.3 Å². The van der Waals surface area contributed by atoms with Crippen LogP contribution in [0.3, 0.4) is 0 Å². The molecular weight excluding hydrogens is 498 g/mol. The molecule has 2 atom stereocenters. The van der Waals surface area contributed by atoms with Gasteiger partial charge in [-0.25, -0.2) is 0 Å². The number of non-ortho nitro benzene ring substituents is 1. The molecule has 0 radical (unpaired) electrons. The molecule has 2 aliphatic rings. The lowest BCUT2D eigenvalue weighted by atomic mass is 9.78. The third kappa shape index (κ3) is 5.16. The van der Waals surface area contributed by atoms with Crippen LogP contribution in [0.25, 0.3) is 0 Å². The highest BCUT2D eigenvalue weighted by Gasteiger charge is 2.41. The third-order valence-corrected chi connectivity index (χ3v) is 7.25. The molecule has 3 aromatic rings. The monoisotopic (exact) mass is 524 g/mol. The van der Waals surface area contributed by atoms with Gasteiger partial charge >= 0.3 is 0 Å². The van der Waals surface area contributed by atoms with E-state index in [0.717, 1.165) is 11.1 Å². The molecule has 198 valence electrons. The fourth-order valence-corrected chi connectivity index (χ4v) is 5.39. The van der Waals surface area contributed by atoms with Crippen LogP contribution in [0.2, 0.25) is 0 Å². The van der Waals surface area contributed by atoms with Crippen molar-refractivity contribution < 1.29 is 24.4 Å². The van der Waals surface area contributed by atoms with Crippen LogP contribution in [0.15, 0.2) is 84.1 Å². The number of carboxylic acid groups (broad SMARTS) is 1. The van der Waals surface area contributed by atoms with Crippen LogP contribution in [-0.4, -0.2) is 22.6 Å². The molecule has 0 saturated carbocycles. The molecule has 1 aliphatic carbocycles. The fraction of sp³-hybridized carbons (Fsp3) is 0.233. The summed E-state index contributed by atoms with van der Waals surface area (Å²) in [4.78, 5) is 51.2. The van der Waals surface area contributed by atoms with Crippen molar-refractivity contribution in [2.24, 2.45) is 0 Å². The van der Waals surface area contributed by atoms with E-state index in [0.29, 0.717) is 34.6 Å². The van der Waals surface area contributed by atoms with Gasteiger partial charge < -0.3 is 15.2 Å². The molecule has 5 rings (SSSR count). The molecule has 0 saturated heterocycles. The Morgan fingerprint density at radius 2 is 1.72 bits per heavy atom. The number of allylic oxidation sites excluding steroid dienone is 1. The predicted octanol–water partition coefficient (Wildman–Crippen LogP) is 4.33. The number of carbonyl (C=O) groups is 3. The summed E-state index contributed by atoms with van der Waals surface area (Å²) in [6.07, 6.45) is -0.214. The van der Waals surface area contributed by atoms with Gasteiger partial charge in [0.2, 0.25) is 5.91 Å². The average Bonchev–Trinajstić information content (AvgIpc) is 3.07. The number of anilines is 2. The molecule has 1 heterocycles. The lowest BCUT2D eigenvalue weighted by Crippen LogP contribution is -2.39. The number of ketones is 1. The Hall–Kier alpha value is -4.79. The second kappa shape index (κ2) is 10.5. The van der Waals surface area contributed by atoms with Gasteiger partial charge in [-0.3, -0.25) is 24.6 Å². The highest BCUT2D eigenvalue weighted by Crippen LogP contribution is 2.47. The molecule has 0 bridgehead atoms. The van der Waals surface area contributed by atoms with Crippen LogP contribution in [0.4, 0.5) is 17.1 Å². The quantitative estimate of drug-likeness (QED) is 0.375. The predicted molar refractivity (Wildman–Crippen MR) is 143 cm³/mol. The first kappa shape index (κ1) is 25.8. The van der Waals surface area contributed by atoms with Gasteiger partial charge in [-0.1, -0.05) is 54.1 Å². The zero-order chi connectivity index (χ0) is 27.7. The van der Waals surface area contributed by atoms with Crippen molar-refractivity contribution in [1.82, 2.24) is 0 Å². The van der Waals surface area contributed by atoms with Gasteiger partial charge in [0.1, 0.15) is 0 Å². The number of para-hydroxylation sites is 2. The molecule has 9 nitrogen and oxygen atoms in total. The number of nitrogens with zero attached hydrogens (tertiary/aromatic N) is 2. The number of rotatable bonds is 6. The number of nitro groups is 1. The number of Topliss-reactive ketones (excluding diaryl/α,β-unsaturated/α-hetero) is 1. The van der Waals surface area contributed by atoms with Crippen molar-refractivity contribution in [3.8, 4) is 0 Å². The van der Waals surface area contributed by atoms with Crippen molar-refractivity contribution >= 4 is 34.7 Å². The van der Waals surface area contributed by atoms with Crippen molar-refractivity contribution in [1.29, 1.82) is 0 Å². The van der Waals surface area contributed by atoms with Gasteiger partial charge in [0.25, 0.3) is 5.69 Å². The lowest BCUT2D eigenvalue weighted by Gasteiger charge is -2.35. The summed E-state index contributed by atoms with van der Waals surface area (Å²) in [6.45, 7) is 1.94. The van der Waals surface area contributed by atoms with Gasteiger partial charge in [0.15, 0.2) is 5.78 Å². The summed E-state index contributed by atoms with van der Waals surface area (Å²) in [5, 5.41) is 26.0. The van der Waals surface area contributed by atoms with E-state index in [1.165, 1.54) is 17.0 Å². The van der Waals surface area contributed by atoms with Gasteiger partial charge in [-0.05, 0) is 48.9 Å². The second-order valence-electron chi connectivity index (χ2n) is 9.86. The van der Waals surface area contributed by atoms with Gasteiger partial charge in [0, 0.05) is 42.2 Å². The standard InChI is InChI=1S/C30H27N3O6/c1-18-9-11-19(12-10-18)30-29-24(16-21(17-26(29)34)20-5-4-6-22(15-20)33(38)39)31-23-7-2-3-8-25(23)32(30)27(35)13-14-28(36)37/h2-12,15,21,30-31H,13-14,16-17H2,1H3,(H,36,37)/p-1/t21-,30+/m1/s1. The smallest absolute Gasteiger partial charge is 0.269 e. The molecule has 0 unspecified atom stereocenters. The zero-order valence-corrected chi connectivity index (χ0v) is 21.3. The van der Waals surface area contributed by atoms with Crippen LogP contribution in [0, 0.1) is 17.0 Å². The summed E-state index contributed by atoms with van der Waals surface area (Å²) in [6, 6.07) is 20.3. The number of hydrogen-bond donors (Lipinski definition) is 1. The molecule has 9 heteroatoms. The first-order chi connectivity index (χ1) is 18.7. The molecule has 1 amide bonds. The van der Waals surface area contributed by atoms with E-state index in [4.69, 9.17) is 0 Å². The first-order valence-electron chi connectivity index (χ1n) is 12.7. The summed E-state index contributed by atoms with van der Waals surface area (Å²) in [5.74, 6) is -2.25. The molecule has 1 N–H and O–H groups in total. The Balaban J connectivity index is 1.66. The molecule has 0 aromatic heterocycles. The van der Waals surface area contributed by atoms with Gasteiger partial charge in [-0.15, -0.1) is 0 Å². The molecule has 0 fully saturated rings. The van der Waals surface area contributed by atoms with E-state index in [-0.39, 0.29) is 30.2 Å². The van der Waals surface area contributed by atoms with Crippen molar-refractivity contribution in [2.45, 2.75) is 44.6 Å². The largest absolute Gasteiger partial charge is 0.550 e. The van der Waals surface area contributed by atoms with Crippen LogP contribution < -0.4 is 15.3 Å². The van der Waals surface area contributed by atoms with Crippen LogP contribution in [0.1, 0.15) is 54.3 Å². The molecule has 0 spiro atoms. The topological polar surface area (TPSA) is 133 Å². The Kier molecular flexibility index (Phi) is 6.98. The maximum absolute atomic E-state index is 13.9. The fourth-order valence-electron chi connectivity index (χ4n) is 5.39. The number of nitro benzene ring substituents is 1. The molecule has 3 aromatic carbocycles. The van der Waals surface area contributed by atoms with Crippen LogP contribution >= 0.6 is 0 Å². The molecule has 39 heavy (non-hydrogen) atoms. The minimum absolute atomic E-state index is 0.0406. The number of nitrogens with one attached hydrogen (secondary N) is 1. The Morgan fingerprint density at radius 3 is 2.44 bits per heavy atom. The Morgan fingerprint density at radius 1 is 0.974 bits per heavy atom.